The highest BCUT2D eigenvalue weighted by Gasteiger charge is 2.18. The number of anilines is 2. The molecule has 2 aromatic rings. The van der Waals surface area contributed by atoms with Crippen molar-refractivity contribution in [2.24, 2.45) is 0 Å². The molecule has 0 unspecified atom stereocenters. The number of hydrogen-bond donors (Lipinski definition) is 2. The maximum absolute atomic E-state index is 13.3. The van der Waals surface area contributed by atoms with Gasteiger partial charge in [0.2, 0.25) is 0 Å². The topological polar surface area (TPSA) is 71.0 Å². The zero-order valence-electron chi connectivity index (χ0n) is 15.9. The summed E-state index contributed by atoms with van der Waals surface area (Å²) in [5.74, 6) is -0.645. The predicted octanol–water partition coefficient (Wildman–Crippen LogP) is 2.25. The number of halogens is 1. The van der Waals surface area contributed by atoms with E-state index >= 15 is 0 Å². The first kappa shape index (κ1) is 23.2. The quantitative estimate of drug-likeness (QED) is 0.484. The second kappa shape index (κ2) is 11.2. The number of carboxylic acids is 1. The van der Waals surface area contributed by atoms with Gasteiger partial charge in [0, 0.05) is 38.4 Å². The number of hydrogen-bond acceptors (Lipinski definition) is 5. The third-order valence-corrected chi connectivity index (χ3v) is 4.75. The zero-order chi connectivity index (χ0) is 19.9. The fraction of sp³-hybridized carbons (Fsp3) is 0.381. The van der Waals surface area contributed by atoms with Gasteiger partial charge in [-0.3, -0.25) is 0 Å². The van der Waals surface area contributed by atoms with Crippen LogP contribution in [0.25, 0.3) is 0 Å². The zero-order valence-corrected chi connectivity index (χ0v) is 15.9. The molecule has 0 aliphatic carbocycles. The minimum Gasteiger partial charge on any atom is -0.489 e. The van der Waals surface area contributed by atoms with Crippen molar-refractivity contribution in [3.8, 4) is 5.75 Å². The lowest BCUT2D eigenvalue weighted by Crippen LogP contribution is -2.34. The third kappa shape index (κ3) is 6.48. The number of rotatable bonds is 9. The first-order valence-electron chi connectivity index (χ1n) is 9.32. The molecular weight excluding hydrogens is 388 g/mol. The number of carbonyl (C=O) groups is 1. The van der Waals surface area contributed by atoms with Crippen LogP contribution in [-0.2, 0) is 16.0 Å². The monoisotopic (exact) mass is 414 g/mol. The van der Waals surface area contributed by atoms with Crippen molar-refractivity contribution in [2.45, 2.75) is 18.9 Å². The third-order valence-electron chi connectivity index (χ3n) is 4.75. The van der Waals surface area contributed by atoms with Gasteiger partial charge in [-0.15, -0.1) is 0 Å². The Hall–Kier alpha value is -2.03. The molecule has 0 bridgehead atoms. The number of benzene rings is 2. The van der Waals surface area contributed by atoms with Crippen LogP contribution in [0.4, 0.5) is 15.8 Å². The summed E-state index contributed by atoms with van der Waals surface area (Å²) in [5, 5.41) is 12.4. The second-order valence-corrected chi connectivity index (χ2v) is 6.69. The van der Waals surface area contributed by atoms with Crippen LogP contribution in [0.2, 0.25) is 0 Å². The van der Waals surface area contributed by atoms with E-state index in [2.05, 4.69) is 10.2 Å². The van der Waals surface area contributed by atoms with Crippen LogP contribution in [0.1, 0.15) is 12.0 Å². The highest BCUT2D eigenvalue weighted by atomic mass is 24.3. The predicted molar refractivity (Wildman–Crippen MR) is 114 cm³/mol. The van der Waals surface area contributed by atoms with Crippen LogP contribution >= 0.6 is 0 Å². The molecule has 6 nitrogen and oxygen atoms in total. The molecule has 0 radical (unpaired) electrons. The van der Waals surface area contributed by atoms with Crippen LogP contribution in [0.15, 0.2) is 42.5 Å². The standard InChI is InChI=1S/C21H25FN2O4.Mg.2H/c1-27-20(21(25)26)13-15-3-6-17(7-4-15)23-9-2-10-24-11-12-28-19-14-16(22)5-8-18(19)24;;;/h3-8,14,20,23H,2,9-13H2,1H3,(H,25,26);;;/t20-;;;/m0.../s1. The Morgan fingerprint density at radius 3 is 2.76 bits per heavy atom. The fourth-order valence-electron chi connectivity index (χ4n) is 3.23. The molecule has 1 heterocycles. The molecule has 0 aromatic heterocycles. The largest absolute Gasteiger partial charge is 0.489 e. The molecular formula is C21H27FMgN2O4. The molecule has 2 aromatic carbocycles. The van der Waals surface area contributed by atoms with Gasteiger partial charge in [0.15, 0.2) is 6.10 Å². The maximum atomic E-state index is 13.3. The molecule has 0 fully saturated rings. The van der Waals surface area contributed by atoms with Crippen LogP contribution in [0.3, 0.4) is 0 Å². The molecule has 1 atom stereocenters. The van der Waals surface area contributed by atoms with Crippen molar-refractivity contribution in [2.75, 3.05) is 43.6 Å². The first-order chi connectivity index (χ1) is 13.6. The van der Waals surface area contributed by atoms with E-state index < -0.39 is 12.1 Å². The average molecular weight is 415 g/mol. The van der Waals surface area contributed by atoms with Crippen molar-refractivity contribution in [1.29, 1.82) is 0 Å². The van der Waals surface area contributed by atoms with Gasteiger partial charge in [0.25, 0.3) is 0 Å². The number of ether oxygens (including phenoxy) is 2. The Kier molecular flexibility index (Phi) is 9.00. The van der Waals surface area contributed by atoms with Crippen LogP contribution in [-0.4, -0.2) is 73.6 Å². The molecule has 0 saturated heterocycles. The van der Waals surface area contributed by atoms with E-state index in [1.807, 2.05) is 24.3 Å². The summed E-state index contributed by atoms with van der Waals surface area (Å²) in [6.45, 7) is 2.99. The van der Waals surface area contributed by atoms with Crippen molar-refractivity contribution in [3.05, 3.63) is 53.8 Å². The van der Waals surface area contributed by atoms with Gasteiger partial charge in [-0.25, -0.2) is 9.18 Å². The Morgan fingerprint density at radius 1 is 1.31 bits per heavy atom. The number of methoxy groups -OCH3 is 1. The van der Waals surface area contributed by atoms with Gasteiger partial charge in [0.05, 0.1) is 12.2 Å². The van der Waals surface area contributed by atoms with E-state index in [-0.39, 0.29) is 28.9 Å². The first-order valence-corrected chi connectivity index (χ1v) is 9.32. The van der Waals surface area contributed by atoms with E-state index in [9.17, 15) is 9.18 Å². The van der Waals surface area contributed by atoms with E-state index in [0.717, 1.165) is 43.0 Å². The summed E-state index contributed by atoms with van der Waals surface area (Å²) in [4.78, 5) is 13.2. The summed E-state index contributed by atoms with van der Waals surface area (Å²) in [7, 11) is 1.40. The number of aliphatic carboxylic acids is 1. The molecule has 0 saturated carbocycles. The summed E-state index contributed by atoms with van der Waals surface area (Å²) >= 11 is 0. The second-order valence-electron chi connectivity index (χ2n) is 6.69. The summed E-state index contributed by atoms with van der Waals surface area (Å²) in [6, 6.07) is 12.3. The molecule has 1 aliphatic rings. The lowest BCUT2D eigenvalue weighted by molar-refractivity contribution is -0.148. The lowest BCUT2D eigenvalue weighted by atomic mass is 10.1. The summed E-state index contributed by atoms with van der Waals surface area (Å²) < 4.78 is 23.8. The molecule has 1 aliphatic heterocycles. The highest BCUT2D eigenvalue weighted by molar-refractivity contribution is 5.75. The number of nitrogens with zero attached hydrogens (tertiary/aromatic N) is 1. The minimum atomic E-state index is -0.961. The Labute approximate surface area is 186 Å². The van der Waals surface area contributed by atoms with Gasteiger partial charge in [-0.2, -0.15) is 0 Å². The van der Waals surface area contributed by atoms with E-state index in [4.69, 9.17) is 14.6 Å². The van der Waals surface area contributed by atoms with Gasteiger partial charge in [0.1, 0.15) is 18.2 Å². The minimum absolute atomic E-state index is 0. The molecule has 2 N–H and O–H groups in total. The van der Waals surface area contributed by atoms with Crippen LogP contribution < -0.4 is 15.0 Å². The van der Waals surface area contributed by atoms with E-state index in [1.54, 1.807) is 6.07 Å². The number of carboxylic acid groups (broad SMARTS) is 1. The highest BCUT2D eigenvalue weighted by Crippen LogP contribution is 2.32. The lowest BCUT2D eigenvalue weighted by Gasteiger charge is -2.31. The van der Waals surface area contributed by atoms with E-state index in [0.29, 0.717) is 18.8 Å². The Balaban J connectivity index is 0.00000300. The van der Waals surface area contributed by atoms with Gasteiger partial charge in [-0.05, 0) is 36.2 Å². The molecule has 3 rings (SSSR count). The molecule has 154 valence electrons. The summed E-state index contributed by atoms with van der Waals surface area (Å²) in [5.41, 5.74) is 2.83. The summed E-state index contributed by atoms with van der Waals surface area (Å²) in [6.07, 6.45) is 0.427. The van der Waals surface area contributed by atoms with Crippen molar-refractivity contribution < 1.29 is 23.8 Å². The van der Waals surface area contributed by atoms with Gasteiger partial charge in [-0.1, -0.05) is 12.1 Å². The van der Waals surface area contributed by atoms with Gasteiger partial charge < -0.3 is 24.8 Å². The molecule has 8 heteroatoms. The van der Waals surface area contributed by atoms with Crippen LogP contribution in [0.5, 0.6) is 5.75 Å². The smallest absolute Gasteiger partial charge is 0.333 e. The Morgan fingerprint density at radius 2 is 2.07 bits per heavy atom. The van der Waals surface area contributed by atoms with Crippen LogP contribution in [0, 0.1) is 5.82 Å². The molecule has 0 amide bonds. The van der Waals surface area contributed by atoms with Crippen molar-refractivity contribution in [1.82, 2.24) is 0 Å². The number of fused-ring (bicyclic) bond motifs is 1. The van der Waals surface area contributed by atoms with E-state index in [1.165, 1.54) is 19.2 Å². The normalized spacial score (nSPS) is 13.7. The SMILES string of the molecule is CO[C@@H](Cc1ccc(NCCCN2CCOc3cc(F)ccc32)cc1)C(=O)O.[MgH2]. The number of nitrogens with one attached hydrogen (secondary N) is 1. The Bertz CT molecular complexity index is 804. The van der Waals surface area contributed by atoms with Gasteiger partial charge >= 0.3 is 29.0 Å². The molecule has 29 heavy (non-hydrogen) atoms. The average Bonchev–Trinajstić information content (AvgIpc) is 2.70. The van der Waals surface area contributed by atoms with Crippen molar-refractivity contribution in [3.63, 3.8) is 0 Å². The molecule has 0 spiro atoms. The fourth-order valence-corrected chi connectivity index (χ4v) is 3.23. The maximum Gasteiger partial charge on any atom is 0.333 e. The van der Waals surface area contributed by atoms with Crippen molar-refractivity contribution >= 4 is 40.4 Å².